The molecule has 1 N–H and O–H groups in total. The fourth-order valence-electron chi connectivity index (χ4n) is 2.31. The molecule has 3 aromatic rings. The molecule has 0 aromatic heterocycles. The topological polar surface area (TPSA) is 12.0 Å². The Bertz CT molecular complexity index is 719. The molecule has 0 aliphatic rings. The van der Waals surface area contributed by atoms with Crippen LogP contribution in [0.15, 0.2) is 76.5 Å². The lowest BCUT2D eigenvalue weighted by Gasteiger charge is -2.06. The van der Waals surface area contributed by atoms with Gasteiger partial charge in [-0.15, -0.1) is 0 Å². The Morgan fingerprint density at radius 3 is 2.29 bits per heavy atom. The summed E-state index contributed by atoms with van der Waals surface area (Å²) in [5.74, 6) is 0. The summed E-state index contributed by atoms with van der Waals surface area (Å²) >= 11 is 1.81. The predicted molar refractivity (Wildman–Crippen MR) is 91.9 cm³/mol. The molecule has 0 fully saturated rings. The number of rotatable bonds is 5. The zero-order valence-electron chi connectivity index (χ0n) is 12.2. The number of nitrogens with one attached hydrogen (secondary N) is 1. The molecular formula is C19H19NS. The quantitative estimate of drug-likeness (QED) is 0.702. The molecule has 0 aliphatic heterocycles. The Kier molecular flexibility index (Phi) is 4.59. The van der Waals surface area contributed by atoms with Crippen LogP contribution < -0.4 is 5.32 Å². The first-order valence-corrected chi connectivity index (χ1v) is 8.13. The van der Waals surface area contributed by atoms with Gasteiger partial charge in [0.25, 0.3) is 0 Å². The maximum atomic E-state index is 3.35. The summed E-state index contributed by atoms with van der Waals surface area (Å²) in [6.45, 7) is 4.08. The fraction of sp³-hybridized carbons (Fsp3) is 0.158. The van der Waals surface area contributed by atoms with Gasteiger partial charge in [0, 0.05) is 16.3 Å². The van der Waals surface area contributed by atoms with Crippen molar-refractivity contribution in [2.24, 2.45) is 0 Å². The van der Waals surface area contributed by atoms with Gasteiger partial charge in [-0.2, -0.15) is 0 Å². The lowest BCUT2D eigenvalue weighted by molar-refractivity contribution is 0.726. The van der Waals surface area contributed by atoms with E-state index < -0.39 is 0 Å². The number of benzene rings is 3. The normalized spacial score (nSPS) is 10.9. The van der Waals surface area contributed by atoms with Crippen molar-refractivity contribution in [1.29, 1.82) is 0 Å². The lowest BCUT2D eigenvalue weighted by atomic mass is 10.1. The molecule has 0 unspecified atom stereocenters. The first-order valence-electron chi connectivity index (χ1n) is 7.31. The van der Waals surface area contributed by atoms with Gasteiger partial charge in [-0.1, -0.05) is 61.2 Å². The third-order valence-electron chi connectivity index (χ3n) is 3.46. The minimum Gasteiger partial charge on any atom is -0.313 e. The van der Waals surface area contributed by atoms with Gasteiger partial charge in [0.05, 0.1) is 0 Å². The van der Waals surface area contributed by atoms with Crippen molar-refractivity contribution in [2.45, 2.75) is 23.3 Å². The molecule has 106 valence electrons. The molecule has 0 saturated carbocycles. The number of fused-ring (bicyclic) bond motifs is 1. The molecule has 0 saturated heterocycles. The Balaban J connectivity index is 1.75. The molecule has 2 heteroatoms. The van der Waals surface area contributed by atoms with Crippen LogP contribution in [-0.4, -0.2) is 6.54 Å². The first-order chi connectivity index (χ1) is 10.3. The van der Waals surface area contributed by atoms with Crippen molar-refractivity contribution >= 4 is 22.5 Å². The molecule has 3 rings (SSSR count). The van der Waals surface area contributed by atoms with Crippen LogP contribution in [0.4, 0.5) is 0 Å². The van der Waals surface area contributed by atoms with Crippen LogP contribution in [0, 0.1) is 0 Å². The van der Waals surface area contributed by atoms with Gasteiger partial charge < -0.3 is 5.32 Å². The molecule has 0 bridgehead atoms. The summed E-state index contributed by atoms with van der Waals surface area (Å²) in [5, 5.41) is 5.94. The van der Waals surface area contributed by atoms with E-state index in [2.05, 4.69) is 79.0 Å². The highest BCUT2D eigenvalue weighted by Crippen LogP contribution is 2.30. The van der Waals surface area contributed by atoms with Gasteiger partial charge in [0.15, 0.2) is 0 Å². The van der Waals surface area contributed by atoms with Crippen molar-refractivity contribution in [1.82, 2.24) is 5.32 Å². The van der Waals surface area contributed by atoms with Gasteiger partial charge in [-0.3, -0.25) is 0 Å². The minimum absolute atomic E-state index is 0.942. The monoisotopic (exact) mass is 293 g/mol. The van der Waals surface area contributed by atoms with Crippen molar-refractivity contribution in [3.63, 3.8) is 0 Å². The number of hydrogen-bond donors (Lipinski definition) is 1. The van der Waals surface area contributed by atoms with Crippen LogP contribution in [0.3, 0.4) is 0 Å². The summed E-state index contributed by atoms with van der Waals surface area (Å²) < 4.78 is 0. The van der Waals surface area contributed by atoms with Crippen LogP contribution in [0.5, 0.6) is 0 Å². The molecule has 0 spiro atoms. The molecule has 1 nitrogen and oxygen atoms in total. The third-order valence-corrected chi connectivity index (χ3v) is 4.46. The third kappa shape index (κ3) is 3.66. The Labute approximate surface area is 130 Å². The highest BCUT2D eigenvalue weighted by Gasteiger charge is 2.00. The Morgan fingerprint density at radius 1 is 0.810 bits per heavy atom. The molecule has 21 heavy (non-hydrogen) atoms. The predicted octanol–water partition coefficient (Wildman–Crippen LogP) is 5.10. The van der Waals surface area contributed by atoms with Crippen molar-refractivity contribution in [3.8, 4) is 0 Å². The molecule has 0 amide bonds. The van der Waals surface area contributed by atoms with Crippen LogP contribution >= 0.6 is 11.8 Å². The van der Waals surface area contributed by atoms with E-state index >= 15 is 0 Å². The SMILES string of the molecule is CCNCc1ccc(Sc2ccc3ccccc3c2)cc1. The van der Waals surface area contributed by atoms with Gasteiger partial charge in [-0.25, -0.2) is 0 Å². The smallest absolute Gasteiger partial charge is 0.0205 e. The standard InChI is InChI=1S/C19H19NS/c1-2-20-14-15-7-10-18(11-8-15)21-19-12-9-16-5-3-4-6-17(16)13-19/h3-13,20H,2,14H2,1H3. The van der Waals surface area contributed by atoms with Crippen LogP contribution in [-0.2, 0) is 6.54 Å². The zero-order valence-corrected chi connectivity index (χ0v) is 13.0. The summed E-state index contributed by atoms with van der Waals surface area (Å²) in [5.41, 5.74) is 1.33. The molecular weight excluding hydrogens is 274 g/mol. The average molecular weight is 293 g/mol. The van der Waals surface area contributed by atoms with E-state index in [1.807, 2.05) is 11.8 Å². The van der Waals surface area contributed by atoms with E-state index in [1.165, 1.54) is 26.1 Å². The molecule has 0 heterocycles. The highest BCUT2D eigenvalue weighted by molar-refractivity contribution is 7.99. The molecule has 0 radical (unpaired) electrons. The van der Waals surface area contributed by atoms with Crippen LogP contribution in [0.2, 0.25) is 0 Å². The van der Waals surface area contributed by atoms with E-state index in [-0.39, 0.29) is 0 Å². The zero-order chi connectivity index (χ0) is 14.5. The Hall–Kier alpha value is -1.77. The van der Waals surface area contributed by atoms with Gasteiger partial charge in [0.1, 0.15) is 0 Å². The minimum atomic E-state index is 0.942. The number of hydrogen-bond acceptors (Lipinski definition) is 2. The van der Waals surface area contributed by atoms with E-state index in [0.717, 1.165) is 13.1 Å². The van der Waals surface area contributed by atoms with Gasteiger partial charge in [0.2, 0.25) is 0 Å². The maximum Gasteiger partial charge on any atom is 0.0205 e. The summed E-state index contributed by atoms with van der Waals surface area (Å²) in [4.78, 5) is 2.57. The van der Waals surface area contributed by atoms with E-state index in [4.69, 9.17) is 0 Å². The van der Waals surface area contributed by atoms with Gasteiger partial charge >= 0.3 is 0 Å². The van der Waals surface area contributed by atoms with Gasteiger partial charge in [-0.05, 0) is 47.1 Å². The molecule has 3 aromatic carbocycles. The second kappa shape index (κ2) is 6.79. The largest absolute Gasteiger partial charge is 0.313 e. The Morgan fingerprint density at radius 2 is 1.52 bits per heavy atom. The van der Waals surface area contributed by atoms with Crippen molar-refractivity contribution < 1.29 is 0 Å². The van der Waals surface area contributed by atoms with Crippen molar-refractivity contribution in [3.05, 3.63) is 72.3 Å². The summed E-state index contributed by atoms with van der Waals surface area (Å²) in [6, 6.07) is 23.9. The van der Waals surface area contributed by atoms with Crippen molar-refractivity contribution in [2.75, 3.05) is 6.54 Å². The second-order valence-corrected chi connectivity index (χ2v) is 6.18. The lowest BCUT2D eigenvalue weighted by Crippen LogP contribution is -2.11. The second-order valence-electron chi connectivity index (χ2n) is 5.04. The van der Waals surface area contributed by atoms with E-state index in [0.29, 0.717) is 0 Å². The van der Waals surface area contributed by atoms with Crippen LogP contribution in [0.25, 0.3) is 10.8 Å². The fourth-order valence-corrected chi connectivity index (χ4v) is 3.18. The average Bonchev–Trinajstić information content (AvgIpc) is 2.54. The van der Waals surface area contributed by atoms with E-state index in [1.54, 1.807) is 0 Å². The van der Waals surface area contributed by atoms with E-state index in [9.17, 15) is 0 Å². The highest BCUT2D eigenvalue weighted by atomic mass is 32.2. The summed E-state index contributed by atoms with van der Waals surface area (Å²) in [6.07, 6.45) is 0. The first kappa shape index (κ1) is 14.2. The van der Waals surface area contributed by atoms with Crippen LogP contribution in [0.1, 0.15) is 12.5 Å². The maximum absolute atomic E-state index is 3.35. The molecule has 0 atom stereocenters. The molecule has 0 aliphatic carbocycles. The summed E-state index contributed by atoms with van der Waals surface area (Å²) in [7, 11) is 0.